The third kappa shape index (κ3) is 4.98. The quantitative estimate of drug-likeness (QED) is 0.611. The molecule has 0 aromatic heterocycles. The molecule has 0 spiro atoms. The van der Waals surface area contributed by atoms with Gasteiger partial charge in [-0.2, -0.15) is 0 Å². The van der Waals surface area contributed by atoms with Crippen LogP contribution in [-0.2, 0) is 25.7 Å². The van der Waals surface area contributed by atoms with Gasteiger partial charge >= 0.3 is 12.1 Å². The van der Waals surface area contributed by atoms with Gasteiger partial charge in [-0.25, -0.2) is 4.79 Å². The molecule has 0 aliphatic heterocycles. The van der Waals surface area contributed by atoms with Crippen molar-refractivity contribution in [1.82, 2.24) is 10.6 Å². The maximum atomic E-state index is 12.2. The molecule has 2 N–H and O–H groups in total. The first-order valence-electron chi connectivity index (χ1n) is 7.38. The normalized spacial score (nSPS) is 15.9. The fourth-order valence-corrected chi connectivity index (χ4v) is 2.09. The van der Waals surface area contributed by atoms with Crippen molar-refractivity contribution in [2.45, 2.75) is 45.1 Å². The third-order valence-corrected chi connectivity index (χ3v) is 3.42. The van der Waals surface area contributed by atoms with E-state index in [0.29, 0.717) is 12.8 Å². The van der Waals surface area contributed by atoms with Crippen LogP contribution in [-0.4, -0.2) is 29.7 Å². The predicted octanol–water partition coefficient (Wildman–Crippen LogP) is 1.47. The Balaban J connectivity index is 1.80. The second-order valence-corrected chi connectivity index (χ2v) is 5.49. The molecule has 0 bridgehead atoms. The van der Waals surface area contributed by atoms with Crippen molar-refractivity contribution < 1.29 is 23.9 Å². The standard InChI is InChI=1S/C16H20N2O5/c1-11(23-12(2)19)17-14(20)16(8-9-16)18-15(21)22-10-13-6-4-3-5-7-13/h3-7,11H,8-10H2,1-2H3,(H,17,20)(H,18,21). The fraction of sp³-hybridized carbons (Fsp3) is 0.438. The van der Waals surface area contributed by atoms with Crippen LogP contribution in [0.2, 0.25) is 0 Å². The Labute approximate surface area is 134 Å². The molecule has 0 radical (unpaired) electrons. The maximum Gasteiger partial charge on any atom is 0.408 e. The molecule has 1 aromatic rings. The first-order chi connectivity index (χ1) is 10.9. The molecule has 0 heterocycles. The van der Waals surface area contributed by atoms with Gasteiger partial charge in [0.05, 0.1) is 0 Å². The minimum absolute atomic E-state index is 0.133. The van der Waals surface area contributed by atoms with Crippen LogP contribution in [0, 0.1) is 0 Å². The van der Waals surface area contributed by atoms with Crippen LogP contribution in [0.4, 0.5) is 4.79 Å². The zero-order valence-corrected chi connectivity index (χ0v) is 13.1. The summed E-state index contributed by atoms with van der Waals surface area (Å²) in [6.07, 6.45) is -0.362. The average Bonchev–Trinajstić information content (AvgIpc) is 3.26. The van der Waals surface area contributed by atoms with E-state index in [9.17, 15) is 14.4 Å². The highest BCUT2D eigenvalue weighted by Gasteiger charge is 2.52. The van der Waals surface area contributed by atoms with E-state index in [1.165, 1.54) is 6.92 Å². The first-order valence-corrected chi connectivity index (χ1v) is 7.38. The largest absolute Gasteiger partial charge is 0.445 e. The van der Waals surface area contributed by atoms with Crippen LogP contribution in [0.25, 0.3) is 0 Å². The van der Waals surface area contributed by atoms with E-state index in [-0.39, 0.29) is 12.5 Å². The number of benzene rings is 1. The fourth-order valence-electron chi connectivity index (χ4n) is 2.09. The molecule has 1 aliphatic rings. The highest BCUT2D eigenvalue weighted by atomic mass is 16.6. The van der Waals surface area contributed by atoms with Crippen LogP contribution in [0.15, 0.2) is 30.3 Å². The molecule has 7 nitrogen and oxygen atoms in total. The van der Waals surface area contributed by atoms with Gasteiger partial charge in [-0.05, 0) is 25.3 Å². The number of alkyl carbamates (subject to hydrolysis) is 1. The number of amides is 2. The lowest BCUT2D eigenvalue weighted by molar-refractivity contribution is -0.148. The van der Waals surface area contributed by atoms with E-state index in [1.54, 1.807) is 6.92 Å². The molecule has 7 heteroatoms. The summed E-state index contributed by atoms with van der Waals surface area (Å²) in [4.78, 5) is 34.8. The molecular formula is C16H20N2O5. The molecule has 124 valence electrons. The topological polar surface area (TPSA) is 93.7 Å². The molecule has 0 saturated heterocycles. The molecule has 23 heavy (non-hydrogen) atoms. The van der Waals surface area contributed by atoms with E-state index < -0.39 is 23.8 Å². The van der Waals surface area contributed by atoms with Crippen molar-refractivity contribution in [2.24, 2.45) is 0 Å². The first kappa shape index (κ1) is 16.8. The zero-order chi connectivity index (χ0) is 16.9. The molecule has 1 fully saturated rings. The lowest BCUT2D eigenvalue weighted by Crippen LogP contribution is -2.51. The SMILES string of the molecule is CC(=O)OC(C)NC(=O)C1(NC(=O)OCc2ccccc2)CC1. The summed E-state index contributed by atoms with van der Waals surface area (Å²) >= 11 is 0. The number of nitrogens with one attached hydrogen (secondary N) is 2. The van der Waals surface area contributed by atoms with Crippen LogP contribution < -0.4 is 10.6 Å². The third-order valence-electron chi connectivity index (χ3n) is 3.42. The van der Waals surface area contributed by atoms with Gasteiger partial charge in [0.25, 0.3) is 0 Å². The van der Waals surface area contributed by atoms with Gasteiger partial charge < -0.3 is 20.1 Å². The Morgan fingerprint density at radius 2 is 1.87 bits per heavy atom. The van der Waals surface area contributed by atoms with Gasteiger partial charge in [0.1, 0.15) is 12.1 Å². The van der Waals surface area contributed by atoms with Crippen LogP contribution >= 0.6 is 0 Å². The summed E-state index contributed by atoms with van der Waals surface area (Å²) < 4.78 is 9.95. The van der Waals surface area contributed by atoms with E-state index in [4.69, 9.17) is 9.47 Å². The summed E-state index contributed by atoms with van der Waals surface area (Å²) in [5.41, 5.74) is -0.109. The minimum Gasteiger partial charge on any atom is -0.445 e. The van der Waals surface area contributed by atoms with Crippen LogP contribution in [0.1, 0.15) is 32.3 Å². The van der Waals surface area contributed by atoms with Crippen LogP contribution in [0.5, 0.6) is 0 Å². The number of ether oxygens (including phenoxy) is 2. The lowest BCUT2D eigenvalue weighted by atomic mass is 10.2. The summed E-state index contributed by atoms with van der Waals surface area (Å²) in [6, 6.07) is 9.25. The van der Waals surface area contributed by atoms with Gasteiger partial charge in [0.2, 0.25) is 5.91 Å². The van der Waals surface area contributed by atoms with Crippen molar-refractivity contribution in [3.63, 3.8) is 0 Å². The van der Waals surface area contributed by atoms with Crippen molar-refractivity contribution >= 4 is 18.0 Å². The van der Waals surface area contributed by atoms with Crippen LogP contribution in [0.3, 0.4) is 0 Å². The van der Waals surface area contributed by atoms with Gasteiger partial charge in [-0.3, -0.25) is 9.59 Å². The number of esters is 1. The zero-order valence-electron chi connectivity index (χ0n) is 13.1. The van der Waals surface area contributed by atoms with E-state index in [0.717, 1.165) is 5.56 Å². The van der Waals surface area contributed by atoms with Crippen molar-refractivity contribution in [3.05, 3.63) is 35.9 Å². The number of rotatable bonds is 6. The molecule has 2 amide bonds. The molecule has 1 saturated carbocycles. The highest BCUT2D eigenvalue weighted by Crippen LogP contribution is 2.35. The van der Waals surface area contributed by atoms with Crippen molar-refractivity contribution in [1.29, 1.82) is 0 Å². The van der Waals surface area contributed by atoms with Gasteiger partial charge in [-0.15, -0.1) is 0 Å². The Hall–Kier alpha value is -2.57. The maximum absolute atomic E-state index is 12.2. The number of hydrogen-bond donors (Lipinski definition) is 2. The second kappa shape index (κ2) is 7.13. The number of carbonyl (C=O) groups excluding carboxylic acids is 3. The smallest absolute Gasteiger partial charge is 0.408 e. The van der Waals surface area contributed by atoms with Crippen molar-refractivity contribution in [3.8, 4) is 0 Å². The lowest BCUT2D eigenvalue weighted by Gasteiger charge is -2.20. The van der Waals surface area contributed by atoms with Gasteiger partial charge in [0.15, 0.2) is 6.23 Å². The summed E-state index contributed by atoms with van der Waals surface area (Å²) in [7, 11) is 0. The molecule has 2 rings (SSSR count). The second-order valence-electron chi connectivity index (χ2n) is 5.49. The molecule has 1 aromatic carbocycles. The summed E-state index contributed by atoms with van der Waals surface area (Å²) in [5.74, 6) is -0.874. The van der Waals surface area contributed by atoms with Gasteiger partial charge in [0, 0.05) is 6.92 Å². The molecule has 1 atom stereocenters. The average molecular weight is 320 g/mol. The number of hydrogen-bond acceptors (Lipinski definition) is 5. The monoisotopic (exact) mass is 320 g/mol. The van der Waals surface area contributed by atoms with Gasteiger partial charge in [-0.1, -0.05) is 30.3 Å². The Bertz CT molecular complexity index is 583. The highest BCUT2D eigenvalue weighted by molar-refractivity contribution is 5.93. The van der Waals surface area contributed by atoms with E-state index >= 15 is 0 Å². The Morgan fingerprint density at radius 1 is 1.22 bits per heavy atom. The van der Waals surface area contributed by atoms with Crippen molar-refractivity contribution in [2.75, 3.05) is 0 Å². The number of carbonyl (C=O) groups is 3. The Kier molecular flexibility index (Phi) is 5.20. The molecule has 1 unspecified atom stereocenters. The van der Waals surface area contributed by atoms with E-state index in [2.05, 4.69) is 10.6 Å². The van der Waals surface area contributed by atoms with E-state index in [1.807, 2.05) is 30.3 Å². The molecular weight excluding hydrogens is 300 g/mol. The summed E-state index contributed by atoms with van der Waals surface area (Å²) in [6.45, 7) is 2.94. The molecule has 1 aliphatic carbocycles. The predicted molar refractivity (Wildman–Crippen MR) is 81.1 cm³/mol. The summed E-state index contributed by atoms with van der Waals surface area (Å²) in [5, 5.41) is 5.12. The minimum atomic E-state index is -0.970. The Morgan fingerprint density at radius 3 is 2.43 bits per heavy atom.